The molecule has 1 atom stereocenters. The summed E-state index contributed by atoms with van der Waals surface area (Å²) in [4.78, 5) is 4.23. The Balaban J connectivity index is 2.03. The van der Waals surface area contributed by atoms with Gasteiger partial charge in [0.05, 0.1) is 13.2 Å². The summed E-state index contributed by atoms with van der Waals surface area (Å²) < 4.78 is 5.25. The van der Waals surface area contributed by atoms with Crippen molar-refractivity contribution in [1.82, 2.24) is 10.3 Å². The summed E-state index contributed by atoms with van der Waals surface area (Å²) in [7, 11) is 1.61. The van der Waals surface area contributed by atoms with Crippen molar-refractivity contribution >= 4 is 23.1 Å². The zero-order chi connectivity index (χ0) is 16.1. The van der Waals surface area contributed by atoms with Crippen molar-refractivity contribution in [3.63, 3.8) is 0 Å². The second-order valence-electron chi connectivity index (χ2n) is 5.22. The van der Waals surface area contributed by atoms with E-state index < -0.39 is 0 Å². The van der Waals surface area contributed by atoms with Crippen molar-refractivity contribution in [2.45, 2.75) is 26.8 Å². The van der Waals surface area contributed by atoms with E-state index in [0.29, 0.717) is 16.7 Å². The number of benzene rings is 1. The highest BCUT2D eigenvalue weighted by Crippen LogP contribution is 2.21. The number of pyridine rings is 1. The fraction of sp³-hybridized carbons (Fsp3) is 0.294. The SMILES string of the molecule is COc1cccnc1NC(=S)N[C@@H](C)c1ccc(C)c(C)c1. The Morgan fingerprint density at radius 3 is 2.68 bits per heavy atom. The zero-order valence-corrected chi connectivity index (χ0v) is 14.1. The Kier molecular flexibility index (Phi) is 5.33. The van der Waals surface area contributed by atoms with E-state index in [1.54, 1.807) is 13.3 Å². The minimum Gasteiger partial charge on any atom is -0.493 e. The van der Waals surface area contributed by atoms with Gasteiger partial charge >= 0.3 is 0 Å². The van der Waals surface area contributed by atoms with E-state index in [9.17, 15) is 0 Å². The predicted octanol–water partition coefficient (Wildman–Crippen LogP) is 3.75. The van der Waals surface area contributed by atoms with Crippen LogP contribution in [-0.2, 0) is 0 Å². The lowest BCUT2D eigenvalue weighted by molar-refractivity contribution is 0.415. The van der Waals surface area contributed by atoms with Crippen LogP contribution in [0, 0.1) is 13.8 Å². The average molecular weight is 315 g/mol. The molecule has 2 N–H and O–H groups in total. The van der Waals surface area contributed by atoms with Crippen LogP contribution in [0.2, 0.25) is 0 Å². The van der Waals surface area contributed by atoms with E-state index in [2.05, 4.69) is 54.6 Å². The first-order valence-electron chi connectivity index (χ1n) is 7.15. The third-order valence-electron chi connectivity index (χ3n) is 3.60. The molecule has 2 aromatic rings. The molecular weight excluding hydrogens is 294 g/mol. The number of nitrogens with one attached hydrogen (secondary N) is 2. The molecule has 0 aliphatic carbocycles. The van der Waals surface area contributed by atoms with Crippen LogP contribution in [0.25, 0.3) is 0 Å². The summed E-state index contributed by atoms with van der Waals surface area (Å²) in [5.74, 6) is 1.26. The van der Waals surface area contributed by atoms with Gasteiger partial charge in [-0.3, -0.25) is 0 Å². The van der Waals surface area contributed by atoms with Crippen molar-refractivity contribution in [3.8, 4) is 5.75 Å². The first-order chi connectivity index (χ1) is 10.5. The van der Waals surface area contributed by atoms with Crippen molar-refractivity contribution in [1.29, 1.82) is 0 Å². The molecule has 22 heavy (non-hydrogen) atoms. The summed E-state index contributed by atoms with van der Waals surface area (Å²) in [6, 6.07) is 10.2. The van der Waals surface area contributed by atoms with E-state index in [0.717, 1.165) is 0 Å². The van der Waals surface area contributed by atoms with Crippen molar-refractivity contribution in [3.05, 3.63) is 53.2 Å². The largest absolute Gasteiger partial charge is 0.493 e. The molecule has 4 nitrogen and oxygen atoms in total. The number of rotatable bonds is 4. The zero-order valence-electron chi connectivity index (χ0n) is 13.3. The van der Waals surface area contributed by atoms with Crippen LogP contribution in [0.3, 0.4) is 0 Å². The fourth-order valence-corrected chi connectivity index (χ4v) is 2.38. The highest BCUT2D eigenvalue weighted by Gasteiger charge is 2.10. The molecule has 0 aliphatic rings. The third kappa shape index (κ3) is 3.95. The van der Waals surface area contributed by atoms with Crippen LogP contribution >= 0.6 is 12.2 Å². The standard InChI is InChI=1S/C17H21N3OS/c1-11-7-8-14(10-12(11)2)13(3)19-17(22)20-16-15(21-4)6-5-9-18-16/h5-10,13H,1-4H3,(H2,18,19,20,22)/t13-/m0/s1. The van der Waals surface area contributed by atoms with Crippen LogP contribution in [0.5, 0.6) is 5.75 Å². The monoisotopic (exact) mass is 315 g/mol. The van der Waals surface area contributed by atoms with Crippen LogP contribution in [0.4, 0.5) is 5.82 Å². The molecule has 116 valence electrons. The Bertz CT molecular complexity index is 673. The smallest absolute Gasteiger partial charge is 0.174 e. The Hall–Kier alpha value is -2.14. The Labute approximate surface area is 136 Å². The highest BCUT2D eigenvalue weighted by molar-refractivity contribution is 7.80. The molecule has 0 fully saturated rings. The second kappa shape index (κ2) is 7.22. The normalized spacial score (nSPS) is 11.6. The van der Waals surface area contributed by atoms with Crippen LogP contribution < -0.4 is 15.4 Å². The molecule has 0 aliphatic heterocycles. The number of aromatic nitrogens is 1. The number of hydrogen-bond acceptors (Lipinski definition) is 3. The van der Waals surface area contributed by atoms with Gasteiger partial charge in [0, 0.05) is 6.20 Å². The molecule has 1 heterocycles. The molecule has 0 saturated heterocycles. The topological polar surface area (TPSA) is 46.2 Å². The molecule has 1 aromatic carbocycles. The van der Waals surface area contributed by atoms with Crippen molar-refractivity contribution < 1.29 is 4.74 Å². The van der Waals surface area contributed by atoms with Gasteiger partial charge in [0.2, 0.25) is 0 Å². The van der Waals surface area contributed by atoms with Gasteiger partial charge < -0.3 is 15.4 Å². The number of hydrogen-bond donors (Lipinski definition) is 2. The fourth-order valence-electron chi connectivity index (χ4n) is 2.11. The lowest BCUT2D eigenvalue weighted by atomic mass is 10.0. The summed E-state index contributed by atoms with van der Waals surface area (Å²) in [6.07, 6.45) is 1.69. The molecule has 0 radical (unpaired) electrons. The first-order valence-corrected chi connectivity index (χ1v) is 7.55. The van der Waals surface area contributed by atoms with Gasteiger partial charge in [-0.1, -0.05) is 18.2 Å². The van der Waals surface area contributed by atoms with Crippen molar-refractivity contribution in [2.24, 2.45) is 0 Å². The van der Waals surface area contributed by atoms with Gasteiger partial charge in [-0.15, -0.1) is 0 Å². The minimum atomic E-state index is 0.106. The van der Waals surface area contributed by atoms with Gasteiger partial charge in [0.1, 0.15) is 0 Å². The van der Waals surface area contributed by atoms with E-state index in [1.807, 2.05) is 12.1 Å². The van der Waals surface area contributed by atoms with Crippen LogP contribution in [-0.4, -0.2) is 17.2 Å². The lowest BCUT2D eigenvalue weighted by Gasteiger charge is -2.18. The molecule has 0 saturated carbocycles. The lowest BCUT2D eigenvalue weighted by Crippen LogP contribution is -2.31. The maximum atomic E-state index is 5.36. The van der Waals surface area contributed by atoms with Gasteiger partial charge in [-0.05, 0) is 61.8 Å². The molecule has 5 heteroatoms. The molecule has 0 bridgehead atoms. The van der Waals surface area contributed by atoms with Gasteiger partial charge in [-0.25, -0.2) is 4.98 Å². The molecule has 1 aromatic heterocycles. The summed E-state index contributed by atoms with van der Waals surface area (Å²) in [5.41, 5.74) is 3.76. The van der Waals surface area contributed by atoms with E-state index >= 15 is 0 Å². The third-order valence-corrected chi connectivity index (χ3v) is 3.82. The number of aryl methyl sites for hydroxylation is 2. The number of methoxy groups -OCH3 is 1. The first kappa shape index (κ1) is 16.2. The second-order valence-corrected chi connectivity index (χ2v) is 5.63. The van der Waals surface area contributed by atoms with Crippen molar-refractivity contribution in [2.75, 3.05) is 12.4 Å². The quantitative estimate of drug-likeness (QED) is 0.841. The minimum absolute atomic E-state index is 0.106. The Morgan fingerprint density at radius 1 is 1.23 bits per heavy atom. The van der Waals surface area contributed by atoms with Crippen LogP contribution in [0.1, 0.15) is 29.7 Å². The predicted molar refractivity (Wildman–Crippen MR) is 94.5 cm³/mol. The van der Waals surface area contributed by atoms with E-state index in [4.69, 9.17) is 17.0 Å². The highest BCUT2D eigenvalue weighted by atomic mass is 32.1. The summed E-state index contributed by atoms with van der Waals surface area (Å²) in [6.45, 7) is 6.30. The van der Waals surface area contributed by atoms with Crippen LogP contribution in [0.15, 0.2) is 36.5 Å². The molecule has 2 rings (SSSR count). The number of anilines is 1. The number of ether oxygens (including phenoxy) is 1. The van der Waals surface area contributed by atoms with Gasteiger partial charge in [0.25, 0.3) is 0 Å². The maximum absolute atomic E-state index is 5.36. The number of nitrogens with zero attached hydrogens (tertiary/aromatic N) is 1. The summed E-state index contributed by atoms with van der Waals surface area (Å²) in [5, 5.41) is 6.86. The maximum Gasteiger partial charge on any atom is 0.174 e. The van der Waals surface area contributed by atoms with E-state index in [-0.39, 0.29) is 6.04 Å². The Morgan fingerprint density at radius 2 is 2.00 bits per heavy atom. The average Bonchev–Trinajstić information content (AvgIpc) is 2.50. The molecule has 0 spiro atoms. The summed E-state index contributed by atoms with van der Waals surface area (Å²) >= 11 is 5.36. The molecule has 0 unspecified atom stereocenters. The number of thiocarbonyl (C=S) groups is 1. The van der Waals surface area contributed by atoms with Gasteiger partial charge in [0.15, 0.2) is 16.7 Å². The molecule has 0 amide bonds. The van der Waals surface area contributed by atoms with Gasteiger partial charge in [-0.2, -0.15) is 0 Å². The van der Waals surface area contributed by atoms with E-state index in [1.165, 1.54) is 16.7 Å². The molecular formula is C17H21N3OS.